The molecule has 0 bridgehead atoms. The molecule has 0 atom stereocenters. The standard InChI is InChI=1S/C23H31N3O3/c1-15-10-19(24-20-18(15)6-9-25(20)3)29-17-4-7-23(8-5-17)13-26(14-23)21(27)16-11-22(2,28)12-16/h6,9-10,16-17,28H,4-5,7-8,11-14H2,1-3H3. The van der Waals surface area contributed by atoms with Crippen LogP contribution in [-0.4, -0.2) is 50.3 Å². The number of aryl methyl sites for hydroxylation is 2. The second kappa shape index (κ2) is 6.46. The lowest BCUT2D eigenvalue weighted by Gasteiger charge is -2.55. The van der Waals surface area contributed by atoms with Crippen molar-refractivity contribution in [2.75, 3.05) is 13.1 Å². The SMILES string of the molecule is Cc1cc(OC2CCC3(CC2)CN(C(=O)C2CC(C)(O)C2)C3)nc2c1ccn2C. The molecule has 1 aliphatic heterocycles. The summed E-state index contributed by atoms with van der Waals surface area (Å²) in [5, 5.41) is 11.1. The Bertz CT molecular complexity index is 940. The molecule has 29 heavy (non-hydrogen) atoms. The smallest absolute Gasteiger partial charge is 0.225 e. The summed E-state index contributed by atoms with van der Waals surface area (Å²) in [6.45, 7) is 5.68. The summed E-state index contributed by atoms with van der Waals surface area (Å²) in [7, 11) is 2.01. The predicted molar refractivity (Wildman–Crippen MR) is 111 cm³/mol. The zero-order chi connectivity index (χ0) is 20.4. The first-order chi connectivity index (χ1) is 13.7. The number of ether oxygens (including phenoxy) is 1. The topological polar surface area (TPSA) is 67.6 Å². The molecule has 3 heterocycles. The highest BCUT2D eigenvalue weighted by Crippen LogP contribution is 2.47. The summed E-state index contributed by atoms with van der Waals surface area (Å²) in [6, 6.07) is 4.14. The van der Waals surface area contributed by atoms with Gasteiger partial charge >= 0.3 is 0 Å². The molecule has 6 heteroatoms. The van der Waals surface area contributed by atoms with Crippen molar-refractivity contribution in [1.82, 2.24) is 14.5 Å². The highest BCUT2D eigenvalue weighted by molar-refractivity contribution is 5.81. The van der Waals surface area contributed by atoms with E-state index >= 15 is 0 Å². The molecule has 0 unspecified atom stereocenters. The molecule has 0 aromatic carbocycles. The third-order valence-electron chi connectivity index (χ3n) is 7.39. The third-order valence-corrected chi connectivity index (χ3v) is 7.39. The Labute approximate surface area is 171 Å². The first-order valence-electron chi connectivity index (χ1n) is 10.8. The third kappa shape index (κ3) is 3.31. The van der Waals surface area contributed by atoms with E-state index in [2.05, 4.69) is 13.0 Å². The minimum Gasteiger partial charge on any atom is -0.474 e. The summed E-state index contributed by atoms with van der Waals surface area (Å²) >= 11 is 0. The first kappa shape index (κ1) is 18.9. The zero-order valence-electron chi connectivity index (χ0n) is 17.6. The lowest BCUT2D eigenvalue weighted by atomic mass is 9.66. The van der Waals surface area contributed by atoms with Crippen molar-refractivity contribution in [3.05, 3.63) is 23.9 Å². The van der Waals surface area contributed by atoms with Gasteiger partial charge in [-0.25, -0.2) is 0 Å². The van der Waals surface area contributed by atoms with Gasteiger partial charge in [-0.2, -0.15) is 4.98 Å². The molecule has 5 rings (SSSR count). The van der Waals surface area contributed by atoms with Crippen LogP contribution in [0.2, 0.25) is 0 Å². The minimum absolute atomic E-state index is 0.0313. The summed E-state index contributed by atoms with van der Waals surface area (Å²) in [4.78, 5) is 19.3. The van der Waals surface area contributed by atoms with Crippen LogP contribution in [-0.2, 0) is 11.8 Å². The minimum atomic E-state index is -0.632. The Balaban J connectivity index is 1.15. The number of carbonyl (C=O) groups excluding carboxylic acids is 1. The number of aromatic nitrogens is 2. The molecule has 1 spiro atoms. The molecule has 2 aromatic rings. The van der Waals surface area contributed by atoms with Gasteiger partial charge in [-0.3, -0.25) is 4.79 Å². The summed E-state index contributed by atoms with van der Waals surface area (Å²) < 4.78 is 8.29. The molecular weight excluding hydrogens is 366 g/mol. The Morgan fingerprint density at radius 3 is 2.62 bits per heavy atom. The molecule has 1 saturated heterocycles. The van der Waals surface area contributed by atoms with Crippen molar-refractivity contribution in [3.63, 3.8) is 0 Å². The molecular formula is C23H31N3O3. The van der Waals surface area contributed by atoms with Gasteiger partial charge in [-0.1, -0.05) is 0 Å². The van der Waals surface area contributed by atoms with E-state index in [4.69, 9.17) is 9.72 Å². The lowest BCUT2D eigenvalue weighted by Crippen LogP contribution is -2.63. The number of carbonyl (C=O) groups is 1. The lowest BCUT2D eigenvalue weighted by molar-refractivity contribution is -0.164. The first-order valence-corrected chi connectivity index (χ1v) is 10.8. The van der Waals surface area contributed by atoms with Crippen molar-refractivity contribution >= 4 is 16.9 Å². The maximum atomic E-state index is 12.6. The highest BCUT2D eigenvalue weighted by atomic mass is 16.5. The second-order valence-corrected chi connectivity index (χ2v) is 10.1. The van der Waals surface area contributed by atoms with Crippen LogP contribution in [0.1, 0.15) is 51.0 Å². The van der Waals surface area contributed by atoms with Crippen molar-refractivity contribution < 1.29 is 14.6 Å². The maximum Gasteiger partial charge on any atom is 0.225 e. The van der Waals surface area contributed by atoms with E-state index in [0.717, 1.165) is 50.3 Å². The molecule has 3 aliphatic rings. The Kier molecular flexibility index (Phi) is 4.21. The van der Waals surface area contributed by atoms with Gasteiger partial charge in [0.2, 0.25) is 11.8 Å². The maximum absolute atomic E-state index is 12.6. The molecule has 1 N–H and O–H groups in total. The van der Waals surface area contributed by atoms with E-state index < -0.39 is 5.60 Å². The monoisotopic (exact) mass is 397 g/mol. The number of pyridine rings is 1. The predicted octanol–water partition coefficient (Wildman–Crippen LogP) is 3.19. The van der Waals surface area contributed by atoms with E-state index in [1.165, 1.54) is 10.9 Å². The second-order valence-electron chi connectivity index (χ2n) is 10.1. The van der Waals surface area contributed by atoms with Crippen LogP contribution in [0.15, 0.2) is 18.3 Å². The molecule has 1 amide bonds. The Hall–Kier alpha value is -2.08. The number of likely N-dealkylation sites (tertiary alicyclic amines) is 1. The van der Waals surface area contributed by atoms with Crippen LogP contribution in [0.3, 0.4) is 0 Å². The van der Waals surface area contributed by atoms with E-state index in [0.29, 0.717) is 12.8 Å². The summed E-state index contributed by atoms with van der Waals surface area (Å²) in [6.07, 6.45) is 7.72. The Morgan fingerprint density at radius 1 is 1.28 bits per heavy atom. The molecule has 2 aliphatic carbocycles. The van der Waals surface area contributed by atoms with E-state index in [1.54, 1.807) is 0 Å². The molecule has 156 valence electrons. The van der Waals surface area contributed by atoms with Crippen molar-refractivity contribution in [2.24, 2.45) is 18.4 Å². The van der Waals surface area contributed by atoms with Crippen molar-refractivity contribution in [1.29, 1.82) is 0 Å². The van der Waals surface area contributed by atoms with Crippen LogP contribution >= 0.6 is 0 Å². The van der Waals surface area contributed by atoms with Gasteiger partial charge in [0.25, 0.3) is 0 Å². The number of fused-ring (bicyclic) bond motifs is 1. The fourth-order valence-electron chi connectivity index (χ4n) is 5.59. The van der Waals surface area contributed by atoms with Gasteiger partial charge in [-0.15, -0.1) is 0 Å². The summed E-state index contributed by atoms with van der Waals surface area (Å²) in [5.41, 5.74) is 1.82. The Morgan fingerprint density at radius 2 is 1.97 bits per heavy atom. The van der Waals surface area contributed by atoms with Gasteiger partial charge in [0, 0.05) is 49.1 Å². The van der Waals surface area contributed by atoms with Gasteiger partial charge < -0.3 is 19.3 Å². The summed E-state index contributed by atoms with van der Waals surface area (Å²) in [5.74, 6) is 1.00. The van der Waals surface area contributed by atoms with Gasteiger partial charge in [0.15, 0.2) is 0 Å². The van der Waals surface area contributed by atoms with Crippen LogP contribution in [0.4, 0.5) is 0 Å². The van der Waals surface area contributed by atoms with Crippen LogP contribution in [0.25, 0.3) is 11.0 Å². The van der Waals surface area contributed by atoms with E-state index in [-0.39, 0.29) is 23.3 Å². The normalized spacial score (nSPS) is 29.0. The van der Waals surface area contributed by atoms with Gasteiger partial charge in [-0.05, 0) is 64.0 Å². The highest BCUT2D eigenvalue weighted by Gasteiger charge is 2.51. The quantitative estimate of drug-likeness (QED) is 0.864. The average molecular weight is 398 g/mol. The molecule has 0 radical (unpaired) electrons. The van der Waals surface area contributed by atoms with Crippen molar-refractivity contribution in [3.8, 4) is 5.88 Å². The van der Waals surface area contributed by atoms with Gasteiger partial charge in [0.1, 0.15) is 11.8 Å². The van der Waals surface area contributed by atoms with Crippen LogP contribution in [0, 0.1) is 18.3 Å². The van der Waals surface area contributed by atoms with Gasteiger partial charge in [0.05, 0.1) is 5.60 Å². The molecule has 3 fully saturated rings. The number of hydrogen-bond donors (Lipinski definition) is 1. The zero-order valence-corrected chi connectivity index (χ0v) is 17.6. The number of hydrogen-bond acceptors (Lipinski definition) is 4. The number of amides is 1. The average Bonchev–Trinajstić information content (AvgIpc) is 2.99. The molecule has 2 saturated carbocycles. The largest absolute Gasteiger partial charge is 0.474 e. The molecule has 6 nitrogen and oxygen atoms in total. The number of rotatable bonds is 3. The van der Waals surface area contributed by atoms with E-state index in [9.17, 15) is 9.90 Å². The van der Waals surface area contributed by atoms with Crippen molar-refractivity contribution in [2.45, 2.75) is 64.1 Å². The number of nitrogens with zero attached hydrogens (tertiary/aromatic N) is 3. The van der Waals surface area contributed by atoms with E-state index in [1.807, 2.05) is 35.7 Å². The van der Waals surface area contributed by atoms with Crippen LogP contribution < -0.4 is 4.74 Å². The number of aliphatic hydroxyl groups is 1. The van der Waals surface area contributed by atoms with Crippen LogP contribution in [0.5, 0.6) is 5.88 Å². The fraction of sp³-hybridized carbons (Fsp3) is 0.652. The fourth-order valence-corrected chi connectivity index (χ4v) is 5.59. The molecule has 2 aromatic heterocycles.